The summed E-state index contributed by atoms with van der Waals surface area (Å²) in [6.45, 7) is 5.39. The molecule has 1 atom stereocenters. The highest BCUT2D eigenvalue weighted by molar-refractivity contribution is 7.16. The third-order valence-electron chi connectivity index (χ3n) is 3.23. The second kappa shape index (κ2) is 8.38. The summed E-state index contributed by atoms with van der Waals surface area (Å²) in [5.41, 5.74) is -1.13. The second-order valence-electron chi connectivity index (χ2n) is 5.33. The molecule has 0 fully saturated rings. The van der Waals surface area contributed by atoms with Gasteiger partial charge in [0, 0.05) is 18.0 Å². The van der Waals surface area contributed by atoms with E-state index in [1.807, 2.05) is 19.1 Å². The van der Waals surface area contributed by atoms with Gasteiger partial charge in [0.15, 0.2) is 5.96 Å². The zero-order chi connectivity index (χ0) is 16.7. The third-order valence-corrected chi connectivity index (χ3v) is 4.52. The summed E-state index contributed by atoms with van der Waals surface area (Å²) >= 11 is 7.51. The Kier molecular flexibility index (Phi) is 6.50. The number of thiophene rings is 1. The van der Waals surface area contributed by atoms with Crippen molar-refractivity contribution in [2.45, 2.75) is 25.9 Å². The van der Waals surface area contributed by atoms with Gasteiger partial charge in [0.25, 0.3) is 0 Å². The van der Waals surface area contributed by atoms with E-state index in [0.29, 0.717) is 11.7 Å². The first-order valence-electron chi connectivity index (χ1n) is 7.54. The maximum atomic E-state index is 10.4. The van der Waals surface area contributed by atoms with Crippen LogP contribution in [0.5, 0.6) is 0 Å². The fourth-order valence-electron chi connectivity index (χ4n) is 2.03. The van der Waals surface area contributed by atoms with E-state index in [9.17, 15) is 5.11 Å². The predicted molar refractivity (Wildman–Crippen MR) is 95.3 cm³/mol. The third kappa shape index (κ3) is 5.57. The van der Waals surface area contributed by atoms with Crippen molar-refractivity contribution in [3.8, 4) is 0 Å². The van der Waals surface area contributed by atoms with Gasteiger partial charge in [-0.1, -0.05) is 11.6 Å². The molecule has 3 N–H and O–H groups in total. The Labute approximate surface area is 145 Å². The molecule has 0 aliphatic carbocycles. The van der Waals surface area contributed by atoms with Gasteiger partial charge in [0.05, 0.1) is 17.1 Å². The Hall–Kier alpha value is -1.50. The quantitative estimate of drug-likeness (QED) is 0.527. The van der Waals surface area contributed by atoms with Crippen molar-refractivity contribution in [2.24, 2.45) is 4.99 Å². The Morgan fingerprint density at radius 1 is 1.39 bits per heavy atom. The highest BCUT2D eigenvalue weighted by atomic mass is 35.5. The topological polar surface area (TPSA) is 69.8 Å². The number of hydrogen-bond donors (Lipinski definition) is 3. The van der Waals surface area contributed by atoms with E-state index in [1.54, 1.807) is 36.7 Å². The minimum atomic E-state index is -1.13. The molecule has 126 valence electrons. The molecule has 7 heteroatoms. The van der Waals surface area contributed by atoms with Crippen molar-refractivity contribution in [3.05, 3.63) is 45.5 Å². The molecule has 2 aromatic rings. The van der Waals surface area contributed by atoms with Crippen LogP contribution in [0.4, 0.5) is 0 Å². The molecule has 1 unspecified atom stereocenters. The van der Waals surface area contributed by atoms with E-state index in [-0.39, 0.29) is 6.54 Å². The molecule has 0 spiro atoms. The molecular weight excluding hydrogens is 334 g/mol. The van der Waals surface area contributed by atoms with Gasteiger partial charge >= 0.3 is 0 Å². The van der Waals surface area contributed by atoms with Crippen LogP contribution in [-0.2, 0) is 12.0 Å². The zero-order valence-corrected chi connectivity index (χ0v) is 14.9. The average molecular weight is 356 g/mol. The molecule has 23 heavy (non-hydrogen) atoms. The Morgan fingerprint density at radius 3 is 2.83 bits per heavy atom. The van der Waals surface area contributed by atoms with Crippen LogP contribution in [0.3, 0.4) is 0 Å². The number of aliphatic hydroxyl groups is 1. The van der Waals surface area contributed by atoms with Crippen LogP contribution in [0, 0.1) is 0 Å². The molecule has 2 heterocycles. The van der Waals surface area contributed by atoms with Gasteiger partial charge in [-0.3, -0.25) is 0 Å². The van der Waals surface area contributed by atoms with Crippen molar-refractivity contribution in [1.82, 2.24) is 10.6 Å². The smallest absolute Gasteiger partial charge is 0.191 e. The van der Waals surface area contributed by atoms with E-state index < -0.39 is 5.60 Å². The number of halogens is 1. The summed E-state index contributed by atoms with van der Waals surface area (Å²) in [4.78, 5) is 5.66. The van der Waals surface area contributed by atoms with Crippen LogP contribution in [-0.4, -0.2) is 30.7 Å². The van der Waals surface area contributed by atoms with Crippen LogP contribution >= 0.6 is 22.9 Å². The average Bonchev–Trinajstić information content (AvgIpc) is 3.17. The largest absolute Gasteiger partial charge is 0.466 e. The van der Waals surface area contributed by atoms with Crippen LogP contribution in [0.1, 0.15) is 24.5 Å². The van der Waals surface area contributed by atoms with Crippen molar-refractivity contribution in [1.29, 1.82) is 0 Å². The lowest BCUT2D eigenvalue weighted by molar-refractivity contribution is 0.0437. The SMILES string of the molecule is CCNC(=NCC(C)(O)c1ccco1)NCCc1ccc(Cl)s1. The first kappa shape index (κ1) is 17.8. The Bertz CT molecular complexity index is 623. The number of guanidine groups is 1. The Balaban J connectivity index is 1.89. The number of rotatable bonds is 7. The Morgan fingerprint density at radius 2 is 2.22 bits per heavy atom. The maximum Gasteiger partial charge on any atom is 0.191 e. The zero-order valence-electron chi connectivity index (χ0n) is 13.3. The van der Waals surface area contributed by atoms with Crippen LogP contribution < -0.4 is 10.6 Å². The highest BCUT2D eigenvalue weighted by Gasteiger charge is 2.25. The molecule has 0 aliphatic rings. The van der Waals surface area contributed by atoms with E-state index in [4.69, 9.17) is 16.0 Å². The molecule has 0 bridgehead atoms. The summed E-state index contributed by atoms with van der Waals surface area (Å²) in [6, 6.07) is 7.43. The van der Waals surface area contributed by atoms with Crippen molar-refractivity contribution in [2.75, 3.05) is 19.6 Å². The first-order valence-corrected chi connectivity index (χ1v) is 8.73. The normalized spacial score (nSPS) is 14.5. The van der Waals surface area contributed by atoms with Crippen LogP contribution in [0.15, 0.2) is 39.9 Å². The van der Waals surface area contributed by atoms with Gasteiger partial charge in [-0.05, 0) is 44.5 Å². The van der Waals surface area contributed by atoms with Gasteiger partial charge in [-0.25, -0.2) is 4.99 Å². The summed E-state index contributed by atoms with van der Waals surface area (Å²) < 4.78 is 6.06. The number of aliphatic imine (C=N–C) groups is 1. The summed E-state index contributed by atoms with van der Waals surface area (Å²) in [6.07, 6.45) is 2.42. The number of furan rings is 1. The molecule has 0 radical (unpaired) electrons. The van der Waals surface area contributed by atoms with Gasteiger partial charge in [0.2, 0.25) is 0 Å². The number of nitrogens with zero attached hydrogens (tertiary/aromatic N) is 1. The van der Waals surface area contributed by atoms with Crippen LogP contribution in [0.25, 0.3) is 0 Å². The highest BCUT2D eigenvalue weighted by Crippen LogP contribution is 2.22. The van der Waals surface area contributed by atoms with Crippen LogP contribution in [0.2, 0.25) is 4.34 Å². The lowest BCUT2D eigenvalue weighted by Gasteiger charge is -2.19. The molecule has 0 saturated heterocycles. The lowest BCUT2D eigenvalue weighted by atomic mass is 10.0. The summed E-state index contributed by atoms with van der Waals surface area (Å²) in [7, 11) is 0. The predicted octanol–water partition coefficient (Wildman–Crippen LogP) is 3.00. The van der Waals surface area contributed by atoms with E-state index >= 15 is 0 Å². The molecule has 2 aromatic heterocycles. The molecule has 2 rings (SSSR count). The fraction of sp³-hybridized carbons (Fsp3) is 0.438. The van der Waals surface area contributed by atoms with Crippen molar-refractivity contribution < 1.29 is 9.52 Å². The molecular formula is C16H22ClN3O2S. The van der Waals surface area contributed by atoms with E-state index in [0.717, 1.165) is 23.8 Å². The minimum absolute atomic E-state index is 0.209. The minimum Gasteiger partial charge on any atom is -0.466 e. The number of nitrogens with one attached hydrogen (secondary N) is 2. The standard InChI is InChI=1S/C16H22ClN3O2S/c1-3-18-15(19-9-8-12-6-7-14(17)23-12)20-11-16(2,21)13-5-4-10-22-13/h4-7,10,21H,3,8-9,11H2,1-2H3,(H2,18,19,20). The van der Waals surface area contributed by atoms with Gasteiger partial charge in [-0.2, -0.15) is 0 Å². The van der Waals surface area contributed by atoms with E-state index in [1.165, 1.54) is 4.88 Å². The van der Waals surface area contributed by atoms with Gasteiger partial charge < -0.3 is 20.2 Å². The van der Waals surface area contributed by atoms with Crippen molar-refractivity contribution in [3.63, 3.8) is 0 Å². The number of hydrogen-bond acceptors (Lipinski definition) is 4. The summed E-state index contributed by atoms with van der Waals surface area (Å²) in [5.74, 6) is 1.17. The first-order chi connectivity index (χ1) is 11.0. The summed E-state index contributed by atoms with van der Waals surface area (Å²) in [5, 5.41) is 16.9. The molecule has 0 aliphatic heterocycles. The molecule has 5 nitrogen and oxygen atoms in total. The molecule has 0 amide bonds. The molecule has 0 saturated carbocycles. The maximum absolute atomic E-state index is 10.4. The fourth-order valence-corrected chi connectivity index (χ4v) is 3.11. The van der Waals surface area contributed by atoms with Gasteiger partial charge in [-0.15, -0.1) is 11.3 Å². The van der Waals surface area contributed by atoms with Crippen molar-refractivity contribution >= 4 is 28.9 Å². The monoisotopic (exact) mass is 355 g/mol. The second-order valence-corrected chi connectivity index (χ2v) is 7.13. The van der Waals surface area contributed by atoms with E-state index in [2.05, 4.69) is 15.6 Å². The lowest BCUT2D eigenvalue weighted by Crippen LogP contribution is -2.39. The molecule has 0 aromatic carbocycles. The van der Waals surface area contributed by atoms with Gasteiger partial charge in [0.1, 0.15) is 11.4 Å².